The van der Waals surface area contributed by atoms with Gasteiger partial charge in [0.2, 0.25) is 0 Å². The van der Waals surface area contributed by atoms with Gasteiger partial charge in [-0.3, -0.25) is 4.68 Å². The minimum atomic E-state index is 0.373. The molecule has 0 aliphatic rings. The van der Waals surface area contributed by atoms with Crippen molar-refractivity contribution < 1.29 is 0 Å². The highest BCUT2D eigenvalue weighted by atomic mass is 15.3. The van der Waals surface area contributed by atoms with Crippen LogP contribution in [0.1, 0.15) is 36.6 Å². The lowest BCUT2D eigenvalue weighted by atomic mass is 10.1. The van der Waals surface area contributed by atoms with Crippen LogP contribution in [0.2, 0.25) is 0 Å². The van der Waals surface area contributed by atoms with Crippen molar-refractivity contribution in [3.63, 3.8) is 0 Å². The molecule has 1 aromatic heterocycles. The summed E-state index contributed by atoms with van der Waals surface area (Å²) in [7, 11) is 0. The van der Waals surface area contributed by atoms with E-state index >= 15 is 0 Å². The van der Waals surface area contributed by atoms with Crippen molar-refractivity contribution >= 4 is 5.69 Å². The highest BCUT2D eigenvalue weighted by molar-refractivity contribution is 5.55. The zero-order valence-electron chi connectivity index (χ0n) is 11.5. The molecule has 4 heteroatoms. The second-order valence-corrected chi connectivity index (χ2v) is 4.92. The number of rotatable bonds is 4. The summed E-state index contributed by atoms with van der Waals surface area (Å²) in [5, 5.41) is 16.6. The van der Waals surface area contributed by atoms with E-state index in [-0.39, 0.29) is 0 Å². The second-order valence-electron chi connectivity index (χ2n) is 4.92. The maximum absolute atomic E-state index is 8.91. The van der Waals surface area contributed by atoms with E-state index in [1.54, 1.807) is 0 Å². The first-order chi connectivity index (χ1) is 9.10. The van der Waals surface area contributed by atoms with E-state index < -0.39 is 0 Å². The number of aryl methyl sites for hydroxylation is 1. The number of nitrogens with zero attached hydrogens (tertiary/aromatic N) is 3. The third-order valence-corrected chi connectivity index (χ3v) is 3.03. The van der Waals surface area contributed by atoms with Crippen molar-refractivity contribution in [3.05, 3.63) is 47.3 Å². The van der Waals surface area contributed by atoms with Gasteiger partial charge in [-0.2, -0.15) is 10.4 Å². The molecule has 0 atom stereocenters. The lowest BCUT2D eigenvalue weighted by Crippen LogP contribution is -2.02. The van der Waals surface area contributed by atoms with Gasteiger partial charge in [-0.25, -0.2) is 0 Å². The van der Waals surface area contributed by atoms with Crippen LogP contribution in [0.15, 0.2) is 30.6 Å². The van der Waals surface area contributed by atoms with Crippen LogP contribution >= 0.6 is 0 Å². The monoisotopic (exact) mass is 254 g/mol. The molecule has 4 nitrogen and oxygen atoms in total. The van der Waals surface area contributed by atoms with Crippen LogP contribution in [0.5, 0.6) is 0 Å². The standard InChI is InChI=1S/C15H18N4/c1-11(2)19-10-14(9-18-19)8-17-15-6-13(7-16)5-4-12(15)3/h4-6,9-11,17H,8H2,1-3H3. The normalized spacial score (nSPS) is 10.5. The van der Waals surface area contributed by atoms with E-state index in [4.69, 9.17) is 5.26 Å². The maximum atomic E-state index is 8.91. The van der Waals surface area contributed by atoms with E-state index in [1.807, 2.05) is 42.2 Å². The van der Waals surface area contributed by atoms with Crippen LogP contribution in [-0.2, 0) is 6.54 Å². The number of nitriles is 1. The van der Waals surface area contributed by atoms with Crippen molar-refractivity contribution in [1.82, 2.24) is 9.78 Å². The van der Waals surface area contributed by atoms with Gasteiger partial charge in [-0.15, -0.1) is 0 Å². The number of aromatic nitrogens is 2. The highest BCUT2D eigenvalue weighted by Crippen LogP contribution is 2.17. The molecule has 0 fully saturated rings. The Bertz CT molecular complexity index is 605. The number of hydrogen-bond donors (Lipinski definition) is 1. The van der Waals surface area contributed by atoms with E-state index in [0.29, 0.717) is 18.2 Å². The van der Waals surface area contributed by atoms with Crippen LogP contribution in [0.25, 0.3) is 0 Å². The summed E-state index contributed by atoms with van der Waals surface area (Å²) in [6.45, 7) is 6.94. The summed E-state index contributed by atoms with van der Waals surface area (Å²) in [6.07, 6.45) is 3.91. The number of anilines is 1. The molecule has 0 spiro atoms. The Kier molecular flexibility index (Phi) is 3.86. The first-order valence-electron chi connectivity index (χ1n) is 6.38. The summed E-state index contributed by atoms with van der Waals surface area (Å²) in [5.74, 6) is 0. The van der Waals surface area contributed by atoms with Crippen LogP contribution in [-0.4, -0.2) is 9.78 Å². The largest absolute Gasteiger partial charge is 0.381 e. The van der Waals surface area contributed by atoms with E-state index in [1.165, 1.54) is 0 Å². The molecule has 1 aromatic carbocycles. The SMILES string of the molecule is Cc1ccc(C#N)cc1NCc1cnn(C(C)C)c1. The van der Waals surface area contributed by atoms with Crippen molar-refractivity contribution in [2.24, 2.45) is 0 Å². The van der Waals surface area contributed by atoms with Gasteiger partial charge in [0.15, 0.2) is 0 Å². The van der Waals surface area contributed by atoms with Crippen LogP contribution < -0.4 is 5.32 Å². The fourth-order valence-electron chi connectivity index (χ4n) is 1.83. The predicted octanol–water partition coefficient (Wildman–Crippen LogP) is 3.26. The molecule has 98 valence electrons. The van der Waals surface area contributed by atoms with Crippen LogP contribution in [0.4, 0.5) is 5.69 Å². The minimum Gasteiger partial charge on any atom is -0.381 e. The van der Waals surface area contributed by atoms with Gasteiger partial charge in [0.1, 0.15) is 0 Å². The maximum Gasteiger partial charge on any atom is 0.0992 e. The fraction of sp³-hybridized carbons (Fsp3) is 0.333. The molecule has 0 saturated heterocycles. The Morgan fingerprint density at radius 3 is 2.84 bits per heavy atom. The molecule has 2 aromatic rings. The summed E-state index contributed by atoms with van der Waals surface area (Å²) in [4.78, 5) is 0. The Morgan fingerprint density at radius 2 is 2.21 bits per heavy atom. The predicted molar refractivity (Wildman–Crippen MR) is 75.8 cm³/mol. The number of benzene rings is 1. The van der Waals surface area contributed by atoms with Crippen LogP contribution in [0.3, 0.4) is 0 Å². The van der Waals surface area contributed by atoms with Gasteiger partial charge < -0.3 is 5.32 Å². The quantitative estimate of drug-likeness (QED) is 0.911. The van der Waals surface area contributed by atoms with Crippen LogP contribution in [0, 0.1) is 18.3 Å². The fourth-order valence-corrected chi connectivity index (χ4v) is 1.83. The van der Waals surface area contributed by atoms with E-state index in [9.17, 15) is 0 Å². The molecule has 1 N–H and O–H groups in total. The van der Waals surface area contributed by atoms with Crippen molar-refractivity contribution in [1.29, 1.82) is 5.26 Å². The summed E-state index contributed by atoms with van der Waals surface area (Å²) >= 11 is 0. The third-order valence-electron chi connectivity index (χ3n) is 3.03. The van der Waals surface area contributed by atoms with E-state index in [0.717, 1.165) is 16.8 Å². The van der Waals surface area contributed by atoms with Gasteiger partial charge in [-0.05, 0) is 38.5 Å². The molecule has 0 aliphatic carbocycles. The lowest BCUT2D eigenvalue weighted by molar-refractivity contribution is 0.532. The number of hydrogen-bond acceptors (Lipinski definition) is 3. The molecule has 0 amide bonds. The number of nitrogens with one attached hydrogen (secondary N) is 1. The topological polar surface area (TPSA) is 53.6 Å². The zero-order chi connectivity index (χ0) is 13.8. The van der Waals surface area contributed by atoms with Gasteiger partial charge in [0, 0.05) is 30.0 Å². The first kappa shape index (κ1) is 13.2. The molecule has 0 unspecified atom stereocenters. The molecule has 0 saturated carbocycles. The summed E-state index contributed by atoms with van der Waals surface area (Å²) in [6, 6.07) is 8.19. The molecule has 19 heavy (non-hydrogen) atoms. The Hall–Kier alpha value is -2.28. The molecule has 0 radical (unpaired) electrons. The minimum absolute atomic E-state index is 0.373. The smallest absolute Gasteiger partial charge is 0.0992 e. The Morgan fingerprint density at radius 1 is 1.42 bits per heavy atom. The molecule has 0 bridgehead atoms. The van der Waals surface area contributed by atoms with Crippen molar-refractivity contribution in [3.8, 4) is 6.07 Å². The summed E-state index contributed by atoms with van der Waals surface area (Å²) in [5.41, 5.74) is 3.94. The van der Waals surface area contributed by atoms with Gasteiger partial charge in [-0.1, -0.05) is 6.07 Å². The highest BCUT2D eigenvalue weighted by Gasteiger charge is 2.03. The summed E-state index contributed by atoms with van der Waals surface area (Å²) < 4.78 is 1.94. The molecule has 0 aliphatic heterocycles. The third kappa shape index (κ3) is 3.14. The zero-order valence-corrected chi connectivity index (χ0v) is 11.5. The first-order valence-corrected chi connectivity index (χ1v) is 6.38. The lowest BCUT2D eigenvalue weighted by Gasteiger charge is -2.08. The molecule has 1 heterocycles. The second kappa shape index (κ2) is 5.57. The Labute approximate surface area is 113 Å². The molecular weight excluding hydrogens is 236 g/mol. The van der Waals surface area contributed by atoms with Crippen molar-refractivity contribution in [2.75, 3.05) is 5.32 Å². The Balaban J connectivity index is 2.07. The van der Waals surface area contributed by atoms with Crippen molar-refractivity contribution in [2.45, 2.75) is 33.4 Å². The van der Waals surface area contributed by atoms with Gasteiger partial charge in [0.05, 0.1) is 17.8 Å². The average molecular weight is 254 g/mol. The molecular formula is C15H18N4. The van der Waals surface area contributed by atoms with E-state index in [2.05, 4.69) is 30.3 Å². The van der Waals surface area contributed by atoms with Gasteiger partial charge >= 0.3 is 0 Å². The molecule has 2 rings (SSSR count). The van der Waals surface area contributed by atoms with Gasteiger partial charge in [0.25, 0.3) is 0 Å². The average Bonchev–Trinajstić information content (AvgIpc) is 2.87.